The first kappa shape index (κ1) is 13.5. The molecule has 0 saturated heterocycles. The molecular weight excluding hydrogens is 239 g/mol. The Bertz CT molecular complexity index is 436. The molecule has 3 rings (SSSR count). The number of allylic oxidation sites excluding steroid dienone is 1. The predicted octanol–water partition coefficient (Wildman–Crippen LogP) is 4.60. The summed E-state index contributed by atoms with van der Waals surface area (Å²) in [5, 5.41) is 0.826. The van der Waals surface area contributed by atoms with Gasteiger partial charge in [0, 0.05) is 5.30 Å². The van der Waals surface area contributed by atoms with Crippen LogP contribution in [0.3, 0.4) is 0 Å². The lowest BCUT2D eigenvalue weighted by molar-refractivity contribution is 0.289. The van der Waals surface area contributed by atoms with E-state index in [1.165, 1.54) is 24.8 Å². The van der Waals surface area contributed by atoms with Crippen LogP contribution in [0.4, 0.5) is 0 Å². The molecule has 2 saturated carbocycles. The third kappa shape index (κ3) is 2.57. The Morgan fingerprint density at radius 3 is 2.22 bits per heavy atom. The molecule has 2 aliphatic carbocycles. The molecule has 0 aliphatic heterocycles. The van der Waals surface area contributed by atoms with E-state index in [2.05, 4.69) is 20.4 Å². The van der Waals surface area contributed by atoms with Crippen LogP contribution in [-0.4, -0.2) is 0 Å². The van der Waals surface area contributed by atoms with Crippen molar-refractivity contribution in [1.82, 2.24) is 0 Å². The van der Waals surface area contributed by atoms with Crippen LogP contribution in [0.5, 0.6) is 0 Å². The van der Waals surface area contributed by atoms with E-state index in [4.69, 9.17) is 0 Å². The van der Waals surface area contributed by atoms with Crippen molar-refractivity contribution in [3.8, 4) is 0 Å². The molecule has 1 nitrogen and oxygen atoms in total. The average molecular weight is 260 g/mol. The lowest BCUT2D eigenvalue weighted by Crippen LogP contribution is -2.21. The summed E-state index contributed by atoms with van der Waals surface area (Å²) in [6, 6.07) is 9.25. The normalized spacial score (nSPS) is 28.0. The average Bonchev–Trinajstić information content (AvgIpc) is 2.95. The van der Waals surface area contributed by atoms with Gasteiger partial charge in [-0.05, 0) is 48.6 Å². The van der Waals surface area contributed by atoms with Crippen LogP contribution in [0.25, 0.3) is 0 Å². The topological polar surface area (TPSA) is 17.1 Å². The first-order valence-corrected chi connectivity index (χ1v) is 7.44. The molecule has 2 heteroatoms. The van der Waals surface area contributed by atoms with E-state index in [1.54, 1.807) is 0 Å². The van der Waals surface area contributed by atoms with Crippen molar-refractivity contribution >= 4 is 13.8 Å². The summed E-state index contributed by atoms with van der Waals surface area (Å²) in [6.07, 6.45) is 4.31. The van der Waals surface area contributed by atoms with Crippen molar-refractivity contribution in [3.05, 3.63) is 42.5 Å². The molecule has 0 heterocycles. The summed E-state index contributed by atoms with van der Waals surface area (Å²) in [5.41, 5.74) is 2.01. The molecule has 2 unspecified atom stereocenters. The fraction of sp³-hybridized carbons (Fsp3) is 0.500. The molecule has 0 amide bonds. The van der Waals surface area contributed by atoms with E-state index in [-0.39, 0.29) is 8.46 Å². The zero-order chi connectivity index (χ0) is 13.2. The van der Waals surface area contributed by atoms with Crippen LogP contribution >= 0.6 is 8.46 Å². The Labute approximate surface area is 112 Å². The second kappa shape index (κ2) is 5.36. The minimum atomic E-state index is 0.0994. The van der Waals surface area contributed by atoms with Crippen molar-refractivity contribution in [2.45, 2.75) is 33.1 Å². The molecule has 0 N–H and O–H groups in total. The van der Waals surface area contributed by atoms with Gasteiger partial charge in [-0.3, -0.25) is 4.57 Å². The number of hydrogen-bond donors (Lipinski definition) is 0. The highest BCUT2D eigenvalue weighted by Crippen LogP contribution is 2.58. The Balaban J connectivity index is 0.000000138. The Hall–Kier alpha value is -0.940. The third-order valence-corrected chi connectivity index (χ3v) is 5.14. The minimum absolute atomic E-state index is 0.0994. The van der Waals surface area contributed by atoms with E-state index < -0.39 is 0 Å². The van der Waals surface area contributed by atoms with Gasteiger partial charge in [0.2, 0.25) is 0 Å². The Morgan fingerprint density at radius 1 is 1.22 bits per heavy atom. The molecule has 2 bridgehead atoms. The lowest BCUT2D eigenvalue weighted by atomic mass is 9.73. The number of benzene rings is 1. The van der Waals surface area contributed by atoms with Crippen LogP contribution in [0.1, 0.15) is 33.1 Å². The quantitative estimate of drug-likeness (QED) is 0.532. The molecule has 1 aromatic rings. The van der Waals surface area contributed by atoms with Crippen molar-refractivity contribution in [1.29, 1.82) is 0 Å². The van der Waals surface area contributed by atoms with E-state index in [1.807, 2.05) is 30.3 Å². The van der Waals surface area contributed by atoms with E-state index in [0.717, 1.165) is 17.1 Å². The molecule has 2 atom stereocenters. The minimum Gasteiger partial charge on any atom is -0.269 e. The van der Waals surface area contributed by atoms with Crippen molar-refractivity contribution < 1.29 is 4.57 Å². The number of hydrogen-bond acceptors (Lipinski definition) is 1. The first-order valence-electron chi connectivity index (χ1n) is 6.63. The van der Waals surface area contributed by atoms with Gasteiger partial charge in [-0.15, -0.1) is 0 Å². The van der Waals surface area contributed by atoms with Gasteiger partial charge in [0.15, 0.2) is 8.46 Å². The zero-order valence-corrected chi connectivity index (χ0v) is 12.1. The maximum Gasteiger partial charge on any atom is 0.192 e. The fourth-order valence-electron chi connectivity index (χ4n) is 3.23. The van der Waals surface area contributed by atoms with Crippen molar-refractivity contribution in [3.63, 3.8) is 0 Å². The monoisotopic (exact) mass is 260 g/mol. The first-order chi connectivity index (χ1) is 8.55. The maximum atomic E-state index is 10.1. The summed E-state index contributed by atoms with van der Waals surface area (Å²) < 4.78 is 10.1. The largest absolute Gasteiger partial charge is 0.269 e. The lowest BCUT2D eigenvalue weighted by Gasteiger charge is -2.31. The van der Waals surface area contributed by atoms with Crippen LogP contribution in [0.15, 0.2) is 42.5 Å². The van der Waals surface area contributed by atoms with Crippen LogP contribution in [-0.2, 0) is 4.57 Å². The highest BCUT2D eigenvalue weighted by atomic mass is 31.1. The van der Waals surface area contributed by atoms with Crippen LogP contribution in [0, 0.1) is 17.3 Å². The number of rotatable bonds is 1. The maximum absolute atomic E-state index is 10.1. The van der Waals surface area contributed by atoms with Gasteiger partial charge in [-0.25, -0.2) is 0 Å². The van der Waals surface area contributed by atoms with Crippen LogP contribution < -0.4 is 5.30 Å². The molecular formula is C16H21OP. The highest BCUT2D eigenvalue weighted by Gasteiger charge is 2.47. The zero-order valence-electron chi connectivity index (χ0n) is 11.2. The summed E-state index contributed by atoms with van der Waals surface area (Å²) >= 11 is 0. The van der Waals surface area contributed by atoms with Gasteiger partial charge >= 0.3 is 0 Å². The molecule has 0 aromatic heterocycles. The number of fused-ring (bicyclic) bond motifs is 2. The second-order valence-corrected chi connectivity index (χ2v) is 6.58. The van der Waals surface area contributed by atoms with Crippen molar-refractivity contribution in [2.24, 2.45) is 17.3 Å². The summed E-state index contributed by atoms with van der Waals surface area (Å²) in [6.45, 7) is 8.91. The second-order valence-electron chi connectivity index (χ2n) is 5.88. The highest BCUT2D eigenvalue weighted by molar-refractivity contribution is 7.34. The molecule has 0 radical (unpaired) electrons. The smallest absolute Gasteiger partial charge is 0.192 e. The SMILES string of the molecule is C=C1C2CCC(C2)C1(C)C.O=Pc1ccccc1. The molecule has 2 fully saturated rings. The van der Waals surface area contributed by atoms with Crippen LogP contribution in [0.2, 0.25) is 0 Å². The van der Waals surface area contributed by atoms with E-state index in [9.17, 15) is 4.57 Å². The summed E-state index contributed by atoms with van der Waals surface area (Å²) in [5.74, 6) is 1.85. The van der Waals surface area contributed by atoms with Gasteiger partial charge in [0.1, 0.15) is 0 Å². The standard InChI is InChI=1S/C10H16.C6H5OP/c1-7-8-4-5-9(6-8)10(7,2)3;7-8-6-4-2-1-3-5-6/h8-9H,1,4-6H2,2-3H3;1-5H. The van der Waals surface area contributed by atoms with Gasteiger partial charge in [-0.2, -0.15) is 0 Å². The van der Waals surface area contributed by atoms with Gasteiger partial charge in [0.25, 0.3) is 0 Å². The van der Waals surface area contributed by atoms with E-state index >= 15 is 0 Å². The van der Waals surface area contributed by atoms with E-state index in [0.29, 0.717) is 5.41 Å². The molecule has 0 spiro atoms. The fourth-order valence-corrected chi connectivity index (χ4v) is 3.52. The summed E-state index contributed by atoms with van der Waals surface area (Å²) in [4.78, 5) is 0. The van der Waals surface area contributed by atoms with Gasteiger partial charge < -0.3 is 0 Å². The molecule has 18 heavy (non-hydrogen) atoms. The molecule has 2 aliphatic rings. The third-order valence-electron chi connectivity index (χ3n) is 4.64. The summed E-state index contributed by atoms with van der Waals surface area (Å²) in [7, 11) is 0.0994. The van der Waals surface area contributed by atoms with Gasteiger partial charge in [-0.1, -0.05) is 44.2 Å². The Morgan fingerprint density at radius 2 is 1.89 bits per heavy atom. The molecule has 96 valence electrons. The van der Waals surface area contributed by atoms with Crippen molar-refractivity contribution in [2.75, 3.05) is 0 Å². The Kier molecular flexibility index (Phi) is 4.02. The molecule has 1 aromatic carbocycles. The van der Waals surface area contributed by atoms with Gasteiger partial charge in [0.05, 0.1) is 0 Å². The predicted molar refractivity (Wildman–Crippen MR) is 77.4 cm³/mol.